The molecule has 0 aromatic carbocycles. The topological polar surface area (TPSA) is 30.2 Å². The van der Waals surface area contributed by atoms with Gasteiger partial charge in [0.1, 0.15) is 5.76 Å². The van der Waals surface area contributed by atoms with Crippen LogP contribution in [0, 0.1) is 0 Å². The number of hydrogen-bond acceptors (Lipinski definition) is 2. The summed E-state index contributed by atoms with van der Waals surface area (Å²) in [5, 5.41) is 0. The van der Waals surface area contributed by atoms with Gasteiger partial charge in [-0.3, -0.25) is 4.79 Å². The minimum atomic E-state index is 0.0405. The molecule has 0 radical (unpaired) electrons. The molecule has 0 fully saturated rings. The lowest BCUT2D eigenvalue weighted by Crippen LogP contribution is -1.85. The van der Waals surface area contributed by atoms with Crippen LogP contribution in [0.3, 0.4) is 0 Å². The molecule has 1 aromatic rings. The van der Waals surface area contributed by atoms with Crippen LogP contribution in [0.15, 0.2) is 22.8 Å². The fraction of sp³-hybridized carbons (Fsp3) is 0. The van der Waals surface area contributed by atoms with Crippen LogP contribution in [0.5, 0.6) is 0 Å². The number of carbonyl (C=O) groups is 1. The van der Waals surface area contributed by atoms with Crippen LogP contribution in [0.25, 0.3) is 6.08 Å². The molecule has 1 heterocycles. The zero-order chi connectivity index (χ0) is 6.27. The van der Waals surface area contributed by atoms with Gasteiger partial charge in [0, 0.05) is 0 Å². The second kappa shape index (κ2) is 1.35. The largest absolute Gasteiger partial charge is 0.464 e. The molecule has 2 nitrogen and oxygen atoms in total. The highest BCUT2D eigenvalue weighted by molar-refractivity contribution is 6.12. The van der Waals surface area contributed by atoms with Gasteiger partial charge in [0.2, 0.25) is 0 Å². The standard InChI is InChI=1S/C7H4O2/c8-6-1-2-7-5(6)3-4-9-7/h1-4H. The monoisotopic (exact) mass is 120 g/mol. The summed E-state index contributed by atoms with van der Waals surface area (Å²) < 4.78 is 4.94. The Labute approximate surface area is 51.8 Å². The van der Waals surface area contributed by atoms with E-state index in [4.69, 9.17) is 4.42 Å². The molecule has 9 heavy (non-hydrogen) atoms. The van der Waals surface area contributed by atoms with E-state index in [0.29, 0.717) is 11.3 Å². The van der Waals surface area contributed by atoms with E-state index in [1.807, 2.05) is 0 Å². The summed E-state index contributed by atoms with van der Waals surface area (Å²) in [7, 11) is 0. The van der Waals surface area contributed by atoms with Crippen LogP contribution in [-0.2, 0) is 0 Å². The van der Waals surface area contributed by atoms with Crippen molar-refractivity contribution in [3.05, 3.63) is 29.7 Å². The number of hydrogen-bond donors (Lipinski definition) is 0. The third-order valence-corrected chi connectivity index (χ3v) is 1.35. The van der Waals surface area contributed by atoms with Crippen molar-refractivity contribution >= 4 is 11.9 Å². The summed E-state index contributed by atoms with van der Waals surface area (Å²) in [6, 6.07) is 1.68. The fourth-order valence-corrected chi connectivity index (χ4v) is 0.895. The van der Waals surface area contributed by atoms with Crippen molar-refractivity contribution in [2.75, 3.05) is 0 Å². The average molecular weight is 120 g/mol. The highest BCUT2D eigenvalue weighted by Gasteiger charge is 2.14. The number of ketones is 1. The quantitative estimate of drug-likeness (QED) is 0.519. The lowest BCUT2D eigenvalue weighted by molar-refractivity contribution is 0.105. The normalized spacial score (nSPS) is 14.4. The molecule has 0 bridgehead atoms. The Kier molecular flexibility index (Phi) is 0.681. The summed E-state index contributed by atoms with van der Waals surface area (Å²) in [6.07, 6.45) is 4.71. The van der Waals surface area contributed by atoms with Gasteiger partial charge in [-0.25, -0.2) is 0 Å². The number of rotatable bonds is 0. The highest BCUT2D eigenvalue weighted by atomic mass is 16.3. The molecule has 0 atom stereocenters. The summed E-state index contributed by atoms with van der Waals surface area (Å²) in [6.45, 7) is 0. The number of allylic oxidation sites excluding steroid dienone is 1. The molecule has 0 amide bonds. The van der Waals surface area contributed by atoms with Crippen LogP contribution >= 0.6 is 0 Å². The van der Waals surface area contributed by atoms with Crippen molar-refractivity contribution in [3.63, 3.8) is 0 Å². The molecule has 2 rings (SSSR count). The first-order valence-corrected chi connectivity index (χ1v) is 2.68. The van der Waals surface area contributed by atoms with Crippen molar-refractivity contribution in [2.45, 2.75) is 0 Å². The molecule has 1 aliphatic carbocycles. The molecule has 44 valence electrons. The van der Waals surface area contributed by atoms with Crippen LogP contribution < -0.4 is 0 Å². The highest BCUT2D eigenvalue weighted by Crippen LogP contribution is 2.19. The van der Waals surface area contributed by atoms with Crippen LogP contribution in [0.2, 0.25) is 0 Å². The van der Waals surface area contributed by atoms with Gasteiger partial charge in [-0.1, -0.05) is 0 Å². The molecule has 0 unspecified atom stereocenters. The SMILES string of the molecule is O=C1C=Cc2occc21. The first kappa shape index (κ1) is 4.56. The van der Waals surface area contributed by atoms with Gasteiger partial charge in [0.05, 0.1) is 11.8 Å². The smallest absolute Gasteiger partial charge is 0.189 e. The number of carbonyl (C=O) groups excluding carboxylic acids is 1. The van der Waals surface area contributed by atoms with Crippen molar-refractivity contribution in [1.82, 2.24) is 0 Å². The Hall–Kier alpha value is -1.31. The zero-order valence-corrected chi connectivity index (χ0v) is 4.63. The molecule has 0 saturated heterocycles. The van der Waals surface area contributed by atoms with Crippen LogP contribution in [0.1, 0.15) is 16.1 Å². The maximum absolute atomic E-state index is 10.8. The molecule has 2 heteroatoms. The molecular formula is C7H4O2. The lowest BCUT2D eigenvalue weighted by Gasteiger charge is -1.78. The molecule has 1 aromatic heterocycles. The van der Waals surface area contributed by atoms with Crippen molar-refractivity contribution in [3.8, 4) is 0 Å². The van der Waals surface area contributed by atoms with E-state index in [9.17, 15) is 4.79 Å². The van der Waals surface area contributed by atoms with E-state index in [0.717, 1.165) is 0 Å². The van der Waals surface area contributed by atoms with E-state index in [1.165, 1.54) is 12.3 Å². The third kappa shape index (κ3) is 0.470. The van der Waals surface area contributed by atoms with Gasteiger partial charge in [-0.05, 0) is 18.2 Å². The fourth-order valence-electron chi connectivity index (χ4n) is 0.895. The minimum absolute atomic E-state index is 0.0405. The Morgan fingerprint density at radius 3 is 3.00 bits per heavy atom. The lowest BCUT2D eigenvalue weighted by atomic mass is 10.2. The third-order valence-electron chi connectivity index (χ3n) is 1.35. The Bertz CT molecular complexity index is 281. The van der Waals surface area contributed by atoms with Gasteiger partial charge < -0.3 is 4.42 Å². The predicted octanol–water partition coefficient (Wildman–Crippen LogP) is 1.49. The Morgan fingerprint density at radius 1 is 1.33 bits per heavy atom. The van der Waals surface area contributed by atoms with Gasteiger partial charge >= 0.3 is 0 Å². The average Bonchev–Trinajstić information content (AvgIpc) is 2.35. The van der Waals surface area contributed by atoms with E-state index in [1.54, 1.807) is 12.1 Å². The summed E-state index contributed by atoms with van der Waals surface area (Å²) in [4.78, 5) is 10.8. The van der Waals surface area contributed by atoms with E-state index >= 15 is 0 Å². The molecular weight excluding hydrogens is 116 g/mol. The summed E-state index contributed by atoms with van der Waals surface area (Å²) >= 11 is 0. The van der Waals surface area contributed by atoms with Crippen molar-refractivity contribution in [1.29, 1.82) is 0 Å². The summed E-state index contributed by atoms with van der Waals surface area (Å²) in [5.41, 5.74) is 0.676. The Balaban J connectivity index is 2.73. The Morgan fingerprint density at radius 2 is 2.22 bits per heavy atom. The van der Waals surface area contributed by atoms with E-state index in [-0.39, 0.29) is 5.78 Å². The van der Waals surface area contributed by atoms with Gasteiger partial charge in [0.15, 0.2) is 5.78 Å². The van der Waals surface area contributed by atoms with Crippen molar-refractivity contribution in [2.24, 2.45) is 0 Å². The summed E-state index contributed by atoms with van der Waals surface area (Å²) in [5.74, 6) is 0.721. The first-order valence-electron chi connectivity index (χ1n) is 2.68. The maximum atomic E-state index is 10.8. The van der Waals surface area contributed by atoms with Gasteiger partial charge in [-0.2, -0.15) is 0 Å². The molecule has 0 aliphatic heterocycles. The molecule has 1 aliphatic rings. The van der Waals surface area contributed by atoms with Gasteiger partial charge in [0.25, 0.3) is 0 Å². The molecule has 0 spiro atoms. The maximum Gasteiger partial charge on any atom is 0.189 e. The molecule has 0 N–H and O–H groups in total. The predicted molar refractivity (Wildman–Crippen MR) is 32.1 cm³/mol. The first-order chi connectivity index (χ1) is 4.38. The van der Waals surface area contributed by atoms with Crippen LogP contribution in [0.4, 0.5) is 0 Å². The van der Waals surface area contributed by atoms with Gasteiger partial charge in [-0.15, -0.1) is 0 Å². The van der Waals surface area contributed by atoms with Crippen molar-refractivity contribution < 1.29 is 9.21 Å². The number of furan rings is 1. The van der Waals surface area contributed by atoms with E-state index in [2.05, 4.69) is 0 Å². The number of fused-ring (bicyclic) bond motifs is 1. The van der Waals surface area contributed by atoms with Crippen LogP contribution in [-0.4, -0.2) is 5.78 Å². The zero-order valence-electron chi connectivity index (χ0n) is 4.63. The second-order valence-corrected chi connectivity index (χ2v) is 1.90. The van der Waals surface area contributed by atoms with E-state index < -0.39 is 0 Å². The second-order valence-electron chi connectivity index (χ2n) is 1.90. The molecule has 0 saturated carbocycles. The minimum Gasteiger partial charge on any atom is -0.464 e.